The Morgan fingerprint density at radius 2 is 2.26 bits per heavy atom. The number of hydrogen-bond acceptors (Lipinski definition) is 4. The number of nitrogens with zero attached hydrogens (tertiary/aromatic N) is 1. The van der Waals surface area contributed by atoms with Gasteiger partial charge in [-0.25, -0.2) is 8.42 Å². The average Bonchev–Trinajstić information content (AvgIpc) is 2.39. The maximum atomic E-state index is 12.5. The van der Waals surface area contributed by atoms with Crippen molar-refractivity contribution in [2.45, 2.75) is 24.5 Å². The average molecular weight is 284 g/mol. The molecule has 0 radical (unpaired) electrons. The fraction of sp³-hybridized carbons (Fsp3) is 0.538. The van der Waals surface area contributed by atoms with E-state index in [9.17, 15) is 8.42 Å². The predicted molar refractivity (Wildman–Crippen MR) is 73.4 cm³/mol. The Morgan fingerprint density at radius 3 is 2.95 bits per heavy atom. The molecule has 1 saturated heterocycles. The molecule has 0 aliphatic carbocycles. The zero-order valence-corrected chi connectivity index (χ0v) is 12.1. The van der Waals surface area contributed by atoms with Crippen molar-refractivity contribution in [1.29, 1.82) is 0 Å². The Balaban J connectivity index is 2.25. The fourth-order valence-corrected chi connectivity index (χ4v) is 3.74. The molecule has 5 nitrogen and oxygen atoms in total. The van der Waals surface area contributed by atoms with Crippen molar-refractivity contribution in [3.63, 3.8) is 0 Å². The van der Waals surface area contributed by atoms with Crippen molar-refractivity contribution >= 4 is 10.0 Å². The van der Waals surface area contributed by atoms with Crippen LogP contribution in [0.2, 0.25) is 0 Å². The summed E-state index contributed by atoms with van der Waals surface area (Å²) in [5.41, 5.74) is 0.963. The summed E-state index contributed by atoms with van der Waals surface area (Å²) in [4.78, 5) is 0.356. The number of rotatable bonds is 4. The zero-order chi connectivity index (χ0) is 13.9. The van der Waals surface area contributed by atoms with Crippen LogP contribution in [0.25, 0.3) is 0 Å². The van der Waals surface area contributed by atoms with E-state index in [1.54, 1.807) is 18.2 Å². The Labute approximate surface area is 114 Å². The number of morpholine rings is 1. The van der Waals surface area contributed by atoms with Gasteiger partial charge in [0.2, 0.25) is 10.0 Å². The molecule has 1 fully saturated rings. The van der Waals surface area contributed by atoms with Crippen LogP contribution in [0.15, 0.2) is 29.2 Å². The molecule has 1 aliphatic rings. The van der Waals surface area contributed by atoms with E-state index in [-0.39, 0.29) is 6.10 Å². The van der Waals surface area contributed by atoms with Gasteiger partial charge in [0.15, 0.2) is 0 Å². The second kappa shape index (κ2) is 6.00. The molecule has 1 aliphatic heterocycles. The van der Waals surface area contributed by atoms with Gasteiger partial charge in [-0.3, -0.25) is 0 Å². The Kier molecular flexibility index (Phi) is 4.57. The molecule has 6 heteroatoms. The van der Waals surface area contributed by atoms with Crippen LogP contribution in [0, 0.1) is 0 Å². The topological polar surface area (TPSA) is 58.6 Å². The van der Waals surface area contributed by atoms with Gasteiger partial charge in [0.1, 0.15) is 0 Å². The molecule has 2 rings (SSSR count). The first kappa shape index (κ1) is 14.5. The summed E-state index contributed by atoms with van der Waals surface area (Å²) in [6, 6.07) is 7.07. The van der Waals surface area contributed by atoms with E-state index in [0.29, 0.717) is 31.1 Å². The molecule has 1 N–H and O–H groups in total. The van der Waals surface area contributed by atoms with Crippen molar-refractivity contribution in [3.8, 4) is 0 Å². The summed E-state index contributed by atoms with van der Waals surface area (Å²) in [7, 11) is -1.57. The maximum Gasteiger partial charge on any atom is 0.243 e. The monoisotopic (exact) mass is 284 g/mol. The van der Waals surface area contributed by atoms with Crippen LogP contribution in [-0.2, 0) is 21.3 Å². The van der Waals surface area contributed by atoms with Gasteiger partial charge in [-0.05, 0) is 31.7 Å². The summed E-state index contributed by atoms with van der Waals surface area (Å²) in [5.74, 6) is 0. The third-order valence-corrected chi connectivity index (χ3v) is 4.98. The van der Waals surface area contributed by atoms with E-state index in [2.05, 4.69) is 5.32 Å². The molecule has 1 aromatic rings. The fourth-order valence-electron chi connectivity index (χ4n) is 2.17. The van der Waals surface area contributed by atoms with Crippen LogP contribution in [0.5, 0.6) is 0 Å². The normalized spacial score (nSPS) is 21.5. The zero-order valence-electron chi connectivity index (χ0n) is 11.3. The smallest absolute Gasteiger partial charge is 0.243 e. The molecule has 0 aromatic heterocycles. The molecular weight excluding hydrogens is 264 g/mol. The standard InChI is InChI=1S/C13H20N2O3S/c1-11-10-15(6-7-18-11)19(16,17)13-5-3-4-12(8-13)9-14-2/h3-5,8,11,14H,6-7,9-10H2,1-2H3. The highest BCUT2D eigenvalue weighted by Gasteiger charge is 2.29. The van der Waals surface area contributed by atoms with E-state index in [0.717, 1.165) is 5.56 Å². The van der Waals surface area contributed by atoms with Gasteiger partial charge in [0, 0.05) is 19.6 Å². The van der Waals surface area contributed by atoms with Crippen LogP contribution < -0.4 is 5.32 Å². The van der Waals surface area contributed by atoms with Crippen LogP contribution in [0.3, 0.4) is 0 Å². The third-order valence-electron chi connectivity index (χ3n) is 3.12. The molecular formula is C13H20N2O3S. The van der Waals surface area contributed by atoms with Gasteiger partial charge in [0.25, 0.3) is 0 Å². The quantitative estimate of drug-likeness (QED) is 0.889. The summed E-state index contributed by atoms with van der Waals surface area (Å²) < 4.78 is 32.0. The highest BCUT2D eigenvalue weighted by atomic mass is 32.2. The summed E-state index contributed by atoms with van der Waals surface area (Å²) in [6.45, 7) is 3.83. The highest BCUT2D eigenvalue weighted by Crippen LogP contribution is 2.19. The Morgan fingerprint density at radius 1 is 1.47 bits per heavy atom. The van der Waals surface area contributed by atoms with E-state index < -0.39 is 10.0 Å². The van der Waals surface area contributed by atoms with Gasteiger partial charge in [0.05, 0.1) is 17.6 Å². The van der Waals surface area contributed by atoms with Crippen molar-refractivity contribution < 1.29 is 13.2 Å². The van der Waals surface area contributed by atoms with Crippen LogP contribution in [-0.4, -0.2) is 45.6 Å². The lowest BCUT2D eigenvalue weighted by Crippen LogP contribution is -2.44. The molecule has 1 unspecified atom stereocenters. The molecule has 1 heterocycles. The second-order valence-corrected chi connectivity index (χ2v) is 6.66. The second-order valence-electron chi connectivity index (χ2n) is 4.72. The van der Waals surface area contributed by atoms with Gasteiger partial charge in [-0.1, -0.05) is 12.1 Å². The van der Waals surface area contributed by atoms with E-state index in [1.807, 2.05) is 20.0 Å². The highest BCUT2D eigenvalue weighted by molar-refractivity contribution is 7.89. The van der Waals surface area contributed by atoms with Gasteiger partial charge in [-0.2, -0.15) is 4.31 Å². The van der Waals surface area contributed by atoms with Crippen LogP contribution >= 0.6 is 0 Å². The number of benzene rings is 1. The largest absolute Gasteiger partial charge is 0.376 e. The molecule has 0 spiro atoms. The first-order chi connectivity index (χ1) is 9.04. The minimum atomic E-state index is -3.41. The SMILES string of the molecule is CNCc1cccc(S(=O)(=O)N2CCOC(C)C2)c1. The Hall–Kier alpha value is -0.950. The van der Waals surface area contributed by atoms with Gasteiger partial charge >= 0.3 is 0 Å². The van der Waals surface area contributed by atoms with Crippen molar-refractivity contribution in [1.82, 2.24) is 9.62 Å². The molecule has 19 heavy (non-hydrogen) atoms. The van der Waals surface area contributed by atoms with Crippen molar-refractivity contribution in [2.24, 2.45) is 0 Å². The molecule has 1 atom stereocenters. The lowest BCUT2D eigenvalue weighted by Gasteiger charge is -2.30. The first-order valence-corrected chi connectivity index (χ1v) is 7.83. The molecule has 0 bridgehead atoms. The van der Waals surface area contributed by atoms with E-state index in [4.69, 9.17) is 4.74 Å². The van der Waals surface area contributed by atoms with E-state index >= 15 is 0 Å². The van der Waals surface area contributed by atoms with Crippen molar-refractivity contribution in [2.75, 3.05) is 26.7 Å². The molecule has 106 valence electrons. The number of nitrogens with one attached hydrogen (secondary N) is 1. The Bertz CT molecular complexity index is 530. The van der Waals surface area contributed by atoms with Crippen LogP contribution in [0.4, 0.5) is 0 Å². The predicted octanol–water partition coefficient (Wildman–Crippen LogP) is 0.815. The summed E-state index contributed by atoms with van der Waals surface area (Å²) in [5, 5.41) is 3.02. The summed E-state index contributed by atoms with van der Waals surface area (Å²) in [6.07, 6.45) is -0.0518. The third kappa shape index (κ3) is 3.33. The number of hydrogen-bond donors (Lipinski definition) is 1. The molecule has 0 amide bonds. The minimum absolute atomic E-state index is 0.0518. The molecule has 0 saturated carbocycles. The van der Waals surface area contributed by atoms with Crippen LogP contribution in [0.1, 0.15) is 12.5 Å². The number of sulfonamides is 1. The first-order valence-electron chi connectivity index (χ1n) is 6.39. The molecule has 1 aromatic carbocycles. The van der Waals surface area contributed by atoms with Crippen molar-refractivity contribution in [3.05, 3.63) is 29.8 Å². The minimum Gasteiger partial charge on any atom is -0.376 e. The number of ether oxygens (including phenoxy) is 1. The van der Waals surface area contributed by atoms with Gasteiger partial charge < -0.3 is 10.1 Å². The maximum absolute atomic E-state index is 12.5. The van der Waals surface area contributed by atoms with Gasteiger partial charge in [-0.15, -0.1) is 0 Å². The summed E-state index contributed by atoms with van der Waals surface area (Å²) >= 11 is 0. The lowest BCUT2D eigenvalue weighted by molar-refractivity contribution is 0.0102. The lowest BCUT2D eigenvalue weighted by atomic mass is 10.2. The van der Waals surface area contributed by atoms with E-state index in [1.165, 1.54) is 4.31 Å².